The van der Waals surface area contributed by atoms with Crippen LogP contribution in [0.5, 0.6) is 0 Å². The molecule has 0 spiro atoms. The van der Waals surface area contributed by atoms with Crippen LogP contribution in [-0.4, -0.2) is 44.3 Å². The second kappa shape index (κ2) is 16.2. The molecule has 230 valence electrons. The van der Waals surface area contributed by atoms with Gasteiger partial charge in [0, 0.05) is 37.5 Å². The Hall–Kier alpha value is -3.98. The van der Waals surface area contributed by atoms with E-state index in [-0.39, 0.29) is 29.7 Å². The highest BCUT2D eigenvalue weighted by atomic mass is 35.5. The lowest BCUT2D eigenvalue weighted by Crippen LogP contribution is -2.50. The van der Waals surface area contributed by atoms with Crippen molar-refractivity contribution in [2.75, 3.05) is 13.1 Å². The second-order valence-corrected chi connectivity index (χ2v) is 12.7. The zero-order chi connectivity index (χ0) is 31.4. The summed E-state index contributed by atoms with van der Waals surface area (Å²) in [5, 5.41) is 3.66. The lowest BCUT2D eigenvalue weighted by atomic mass is 10.0. The minimum Gasteiger partial charge on any atom is -0.354 e. The van der Waals surface area contributed by atoms with Crippen molar-refractivity contribution in [2.24, 2.45) is 0 Å². The average Bonchev–Trinajstić information content (AvgIpc) is 3.03. The summed E-state index contributed by atoms with van der Waals surface area (Å²) in [6.45, 7) is 2.70. The third-order valence-electron chi connectivity index (χ3n) is 7.29. The second-order valence-electron chi connectivity index (χ2n) is 10.5. The van der Waals surface area contributed by atoms with Crippen molar-refractivity contribution < 1.29 is 18.0 Å². The zero-order valence-electron chi connectivity index (χ0n) is 24.8. The molecule has 4 aromatic carbocycles. The predicted octanol–water partition coefficient (Wildman–Crippen LogP) is 5.57. The Morgan fingerprint density at radius 1 is 0.750 bits per heavy atom. The largest absolute Gasteiger partial charge is 0.354 e. The summed E-state index contributed by atoms with van der Waals surface area (Å²) in [5.41, 5.74) is 3.75. The quantitative estimate of drug-likeness (QED) is 0.179. The van der Waals surface area contributed by atoms with E-state index in [1.807, 2.05) is 72.8 Å². The van der Waals surface area contributed by atoms with E-state index in [0.717, 1.165) is 22.3 Å². The highest BCUT2D eigenvalue weighted by molar-refractivity contribution is 7.89. The van der Waals surface area contributed by atoms with Gasteiger partial charge < -0.3 is 10.2 Å². The van der Waals surface area contributed by atoms with Gasteiger partial charge in [0.1, 0.15) is 6.04 Å². The minimum absolute atomic E-state index is 0.148. The van der Waals surface area contributed by atoms with Gasteiger partial charge in [0.2, 0.25) is 21.8 Å². The maximum Gasteiger partial charge on any atom is 0.243 e. The molecule has 9 heteroatoms. The summed E-state index contributed by atoms with van der Waals surface area (Å²) in [5.74, 6) is -0.395. The molecule has 0 fully saturated rings. The number of halogens is 1. The summed E-state index contributed by atoms with van der Waals surface area (Å²) < 4.78 is 27.1. The van der Waals surface area contributed by atoms with E-state index in [2.05, 4.69) is 10.0 Å². The number of sulfonamides is 1. The molecule has 0 aliphatic carbocycles. The molecule has 7 nitrogen and oxygen atoms in total. The van der Waals surface area contributed by atoms with Crippen LogP contribution in [0.25, 0.3) is 0 Å². The smallest absolute Gasteiger partial charge is 0.243 e. The lowest BCUT2D eigenvalue weighted by Gasteiger charge is -2.32. The van der Waals surface area contributed by atoms with Crippen molar-refractivity contribution in [3.63, 3.8) is 0 Å². The molecular formula is C35H38ClN3O4S. The SMILES string of the molecule is CCNS(=O)(=O)c1ccc(CCC(=O)N(Cc2ccc(Cl)cc2)[C@@H](Cc2ccccc2)C(=O)NCCc2ccccc2)cc1. The van der Waals surface area contributed by atoms with Gasteiger partial charge in [-0.25, -0.2) is 13.1 Å². The van der Waals surface area contributed by atoms with E-state index in [9.17, 15) is 18.0 Å². The molecule has 0 aliphatic heterocycles. The van der Waals surface area contributed by atoms with E-state index in [1.54, 1.807) is 48.2 Å². The number of nitrogens with zero attached hydrogens (tertiary/aromatic N) is 1. The standard InChI is InChI=1S/C35H38ClN3O4S/c1-2-38-44(42,43)32-20-15-28(16-21-32)17-22-34(40)39(26-30-13-18-31(36)19-14-30)33(25-29-11-7-4-8-12-29)35(41)37-24-23-27-9-5-3-6-10-27/h3-16,18-21,33,38H,2,17,22-26H2,1H3,(H,37,41)/t33-/m0/s1. The predicted molar refractivity (Wildman–Crippen MR) is 175 cm³/mol. The molecule has 0 bridgehead atoms. The molecule has 0 radical (unpaired) electrons. The number of hydrogen-bond acceptors (Lipinski definition) is 4. The number of amides is 2. The highest BCUT2D eigenvalue weighted by Crippen LogP contribution is 2.19. The van der Waals surface area contributed by atoms with E-state index >= 15 is 0 Å². The first-order valence-corrected chi connectivity index (χ1v) is 16.6. The first-order chi connectivity index (χ1) is 21.2. The molecule has 2 amide bonds. The maximum absolute atomic E-state index is 13.9. The molecule has 44 heavy (non-hydrogen) atoms. The van der Waals surface area contributed by atoms with Crippen LogP contribution in [0.4, 0.5) is 0 Å². The van der Waals surface area contributed by atoms with Gasteiger partial charge in [-0.15, -0.1) is 0 Å². The highest BCUT2D eigenvalue weighted by Gasteiger charge is 2.30. The van der Waals surface area contributed by atoms with E-state index < -0.39 is 16.1 Å². The van der Waals surface area contributed by atoms with Gasteiger partial charge in [-0.05, 0) is 59.4 Å². The Labute approximate surface area is 265 Å². The Morgan fingerprint density at radius 2 is 1.32 bits per heavy atom. The molecule has 0 heterocycles. The fourth-order valence-corrected chi connectivity index (χ4v) is 6.10. The van der Waals surface area contributed by atoms with Crippen LogP contribution in [0.2, 0.25) is 5.02 Å². The van der Waals surface area contributed by atoms with Crippen molar-refractivity contribution in [3.05, 3.63) is 136 Å². The molecule has 0 aliphatic rings. The number of aryl methyl sites for hydroxylation is 1. The van der Waals surface area contributed by atoms with Crippen molar-refractivity contribution in [2.45, 2.75) is 50.1 Å². The molecular weight excluding hydrogens is 594 g/mol. The first-order valence-electron chi connectivity index (χ1n) is 14.7. The van der Waals surface area contributed by atoms with E-state index in [0.29, 0.717) is 37.4 Å². The summed E-state index contributed by atoms with van der Waals surface area (Å²) in [4.78, 5) is 29.6. The summed E-state index contributed by atoms with van der Waals surface area (Å²) in [7, 11) is -3.56. The van der Waals surface area contributed by atoms with Gasteiger partial charge >= 0.3 is 0 Å². The van der Waals surface area contributed by atoms with Crippen molar-refractivity contribution >= 4 is 33.4 Å². The zero-order valence-corrected chi connectivity index (χ0v) is 26.4. The lowest BCUT2D eigenvalue weighted by molar-refractivity contribution is -0.141. The molecule has 4 rings (SSSR count). The average molecular weight is 632 g/mol. The fraction of sp³-hybridized carbons (Fsp3) is 0.257. The number of carbonyl (C=O) groups is 2. The van der Waals surface area contributed by atoms with Crippen LogP contribution in [0, 0.1) is 0 Å². The molecule has 4 aromatic rings. The van der Waals surface area contributed by atoms with E-state index in [4.69, 9.17) is 11.6 Å². The summed E-state index contributed by atoms with van der Waals surface area (Å²) >= 11 is 6.13. The Morgan fingerprint density at radius 3 is 1.93 bits per heavy atom. The summed E-state index contributed by atoms with van der Waals surface area (Å²) in [6, 6.07) is 32.7. The molecule has 0 aromatic heterocycles. The van der Waals surface area contributed by atoms with Gasteiger partial charge in [-0.1, -0.05) is 103 Å². The number of benzene rings is 4. The molecule has 1 atom stereocenters. The monoisotopic (exact) mass is 631 g/mol. The van der Waals surface area contributed by atoms with Gasteiger partial charge in [-0.3, -0.25) is 9.59 Å². The van der Waals surface area contributed by atoms with Crippen molar-refractivity contribution in [1.82, 2.24) is 14.9 Å². The number of nitrogens with one attached hydrogen (secondary N) is 2. The van der Waals surface area contributed by atoms with Crippen LogP contribution < -0.4 is 10.0 Å². The molecule has 0 saturated carbocycles. The molecule has 0 unspecified atom stereocenters. The van der Waals surface area contributed by atoms with Crippen molar-refractivity contribution in [1.29, 1.82) is 0 Å². The van der Waals surface area contributed by atoms with E-state index in [1.165, 1.54) is 0 Å². The summed E-state index contributed by atoms with van der Waals surface area (Å²) in [6.07, 6.45) is 1.57. The fourth-order valence-electron chi connectivity index (χ4n) is 4.94. The normalized spacial score (nSPS) is 12.0. The maximum atomic E-state index is 13.9. The molecule has 2 N–H and O–H groups in total. The Balaban J connectivity index is 1.55. The van der Waals surface area contributed by atoms with Crippen LogP contribution in [0.15, 0.2) is 114 Å². The number of hydrogen-bond donors (Lipinski definition) is 2. The topological polar surface area (TPSA) is 95.6 Å². The van der Waals surface area contributed by atoms with Gasteiger partial charge in [0.25, 0.3) is 0 Å². The minimum atomic E-state index is -3.56. The first kappa shape index (κ1) is 32.9. The third-order valence-corrected chi connectivity index (χ3v) is 9.10. The Kier molecular flexibility index (Phi) is 12.1. The van der Waals surface area contributed by atoms with Crippen LogP contribution in [0.1, 0.15) is 35.6 Å². The van der Waals surface area contributed by atoms with Gasteiger partial charge in [0.15, 0.2) is 0 Å². The van der Waals surface area contributed by atoms with Crippen molar-refractivity contribution in [3.8, 4) is 0 Å². The van der Waals surface area contributed by atoms with Gasteiger partial charge in [-0.2, -0.15) is 0 Å². The Bertz CT molecular complexity index is 1600. The van der Waals surface area contributed by atoms with Crippen LogP contribution >= 0.6 is 11.6 Å². The van der Waals surface area contributed by atoms with Gasteiger partial charge in [0.05, 0.1) is 4.90 Å². The van der Waals surface area contributed by atoms with Crippen LogP contribution in [0.3, 0.4) is 0 Å². The molecule has 0 saturated heterocycles. The third kappa shape index (κ3) is 9.77. The number of carbonyl (C=O) groups excluding carboxylic acids is 2. The number of rotatable bonds is 15. The van der Waals surface area contributed by atoms with Crippen LogP contribution in [-0.2, 0) is 45.4 Å².